The number of amides is 2. The third-order valence-corrected chi connectivity index (χ3v) is 6.65. The summed E-state index contributed by atoms with van der Waals surface area (Å²) < 4.78 is 57.0. The third-order valence-electron chi connectivity index (χ3n) is 6.65. The van der Waals surface area contributed by atoms with Gasteiger partial charge in [0, 0.05) is 25.2 Å². The van der Waals surface area contributed by atoms with Gasteiger partial charge in [0.1, 0.15) is 12.1 Å². The Balaban J connectivity index is 1.50. The lowest BCUT2D eigenvalue weighted by atomic mass is 9.99. The lowest BCUT2D eigenvalue weighted by Crippen LogP contribution is -2.49. The maximum absolute atomic E-state index is 14.2. The van der Waals surface area contributed by atoms with E-state index in [-0.39, 0.29) is 36.4 Å². The number of nitrogens with zero attached hydrogens (tertiary/aromatic N) is 4. The molecule has 8 nitrogen and oxygen atoms in total. The number of rotatable bonds is 7. The molecule has 2 amide bonds. The van der Waals surface area contributed by atoms with E-state index < -0.39 is 59.0 Å². The number of nitrogens with one attached hydrogen (secondary N) is 1. The minimum Gasteiger partial charge on any atom is -0.391 e. The minimum absolute atomic E-state index is 0.0146. The smallest absolute Gasteiger partial charge is 0.248 e. The molecule has 1 fully saturated rings. The molecule has 0 aliphatic carbocycles. The van der Waals surface area contributed by atoms with Gasteiger partial charge in [0.05, 0.1) is 23.9 Å². The summed E-state index contributed by atoms with van der Waals surface area (Å²) in [5, 5.41) is 20.7. The highest BCUT2D eigenvalue weighted by atomic mass is 19.2. The number of β-amino-alcohol motifs (C(OH)–C–C–N with tert-alkyl or cyclic N) is 1. The van der Waals surface area contributed by atoms with Gasteiger partial charge in [-0.05, 0) is 24.0 Å². The Labute approximate surface area is 216 Å². The second kappa shape index (κ2) is 10.9. The number of benzene rings is 2. The zero-order valence-corrected chi connectivity index (χ0v) is 20.9. The molecule has 0 bridgehead atoms. The van der Waals surface area contributed by atoms with Crippen LogP contribution in [0.1, 0.15) is 44.8 Å². The van der Waals surface area contributed by atoms with Gasteiger partial charge in [0.25, 0.3) is 0 Å². The second-order valence-corrected chi connectivity index (χ2v) is 9.66. The van der Waals surface area contributed by atoms with Gasteiger partial charge >= 0.3 is 0 Å². The van der Waals surface area contributed by atoms with Crippen LogP contribution in [0.15, 0.2) is 42.7 Å². The van der Waals surface area contributed by atoms with E-state index in [9.17, 15) is 32.3 Å². The van der Waals surface area contributed by atoms with Crippen LogP contribution in [0.25, 0.3) is 11.1 Å². The highest BCUT2D eigenvalue weighted by molar-refractivity contribution is 5.90. The van der Waals surface area contributed by atoms with E-state index in [1.807, 2.05) is 13.8 Å². The Kier molecular flexibility index (Phi) is 7.81. The molecule has 0 saturated carbocycles. The van der Waals surface area contributed by atoms with E-state index in [0.717, 1.165) is 0 Å². The van der Waals surface area contributed by atoms with Crippen molar-refractivity contribution in [3.63, 3.8) is 0 Å². The summed E-state index contributed by atoms with van der Waals surface area (Å²) in [5.41, 5.74) is -0.366. The monoisotopic (exact) mass is 533 g/mol. The molecule has 38 heavy (non-hydrogen) atoms. The lowest BCUT2D eigenvalue weighted by Gasteiger charge is -2.30. The van der Waals surface area contributed by atoms with Crippen molar-refractivity contribution in [3.05, 3.63) is 71.6 Å². The molecule has 2 N–H and O–H groups in total. The third kappa shape index (κ3) is 5.26. The van der Waals surface area contributed by atoms with E-state index >= 15 is 0 Å². The first-order chi connectivity index (χ1) is 18.0. The summed E-state index contributed by atoms with van der Waals surface area (Å²) in [6, 6.07) is 3.42. The summed E-state index contributed by atoms with van der Waals surface area (Å²) in [6.45, 7) is 5.33. The predicted molar refractivity (Wildman–Crippen MR) is 128 cm³/mol. The molecule has 202 valence electrons. The molecule has 0 unspecified atom stereocenters. The molecule has 2 heterocycles. The molecular formula is C26H27F4N5O3. The van der Waals surface area contributed by atoms with Crippen LogP contribution in [0.2, 0.25) is 0 Å². The molecule has 1 aliphatic rings. The van der Waals surface area contributed by atoms with Crippen molar-refractivity contribution in [2.75, 3.05) is 6.54 Å². The average molecular weight is 534 g/mol. The van der Waals surface area contributed by atoms with Crippen LogP contribution >= 0.6 is 0 Å². The Morgan fingerprint density at radius 2 is 1.68 bits per heavy atom. The van der Waals surface area contributed by atoms with Crippen molar-refractivity contribution in [3.8, 4) is 11.1 Å². The van der Waals surface area contributed by atoms with Crippen LogP contribution in [-0.4, -0.2) is 55.5 Å². The molecular weight excluding hydrogens is 506 g/mol. The van der Waals surface area contributed by atoms with Gasteiger partial charge in [-0.1, -0.05) is 43.3 Å². The van der Waals surface area contributed by atoms with Gasteiger partial charge in [0.15, 0.2) is 23.3 Å². The number of hydrogen-bond donors (Lipinski definition) is 2. The Morgan fingerprint density at radius 3 is 2.24 bits per heavy atom. The zero-order valence-electron chi connectivity index (χ0n) is 20.9. The topological polar surface area (TPSA) is 100 Å². The van der Waals surface area contributed by atoms with Crippen molar-refractivity contribution in [1.82, 2.24) is 25.2 Å². The van der Waals surface area contributed by atoms with Crippen molar-refractivity contribution in [1.29, 1.82) is 0 Å². The Hall–Kier alpha value is -3.80. The average Bonchev–Trinajstić information content (AvgIpc) is 3.53. The molecule has 1 aromatic heterocycles. The number of hydrogen-bond acceptors (Lipinski definition) is 5. The Morgan fingerprint density at radius 1 is 1.05 bits per heavy atom. The zero-order chi connectivity index (χ0) is 27.7. The second-order valence-electron chi connectivity index (χ2n) is 9.66. The van der Waals surface area contributed by atoms with Crippen molar-refractivity contribution >= 4 is 11.8 Å². The van der Waals surface area contributed by atoms with Crippen molar-refractivity contribution < 1.29 is 32.3 Å². The van der Waals surface area contributed by atoms with E-state index in [0.29, 0.717) is 5.56 Å². The highest BCUT2D eigenvalue weighted by Crippen LogP contribution is 2.31. The standard InChI is InChI=1S/C26H27F4N5O3/c1-13(2)24(35-9-8-31-33-35)26(38)34-12-17(36)10-20(34)25(37)32-14(3)15-4-6-16(7-5-15)21-22(29)18(27)11-19(28)23(21)30/h4-9,11,13-14,17,20,24,36H,10,12H2,1-3H3,(H,32,37)/t14-,17+,20-,24-/m0/s1. The van der Waals surface area contributed by atoms with Crippen molar-refractivity contribution in [2.24, 2.45) is 5.92 Å². The quantitative estimate of drug-likeness (QED) is 0.358. The fourth-order valence-corrected chi connectivity index (χ4v) is 4.70. The number of halogens is 4. The van der Waals surface area contributed by atoms with E-state index in [1.165, 1.54) is 40.0 Å². The number of aliphatic hydroxyl groups is 1. The molecule has 12 heteroatoms. The van der Waals surface area contributed by atoms with Gasteiger partial charge in [0.2, 0.25) is 11.8 Å². The number of carbonyl (C=O) groups is 2. The van der Waals surface area contributed by atoms with E-state index in [2.05, 4.69) is 15.6 Å². The van der Waals surface area contributed by atoms with Crippen LogP contribution in [-0.2, 0) is 9.59 Å². The van der Waals surface area contributed by atoms with Gasteiger partial charge in [-0.25, -0.2) is 22.2 Å². The largest absolute Gasteiger partial charge is 0.391 e. The molecule has 2 aromatic carbocycles. The van der Waals surface area contributed by atoms with E-state index in [1.54, 1.807) is 13.1 Å². The number of carbonyl (C=O) groups excluding carboxylic acids is 2. The molecule has 4 rings (SSSR count). The minimum atomic E-state index is -1.51. The summed E-state index contributed by atoms with van der Waals surface area (Å²) >= 11 is 0. The van der Waals surface area contributed by atoms with Crippen LogP contribution in [0.4, 0.5) is 17.6 Å². The SMILES string of the molecule is CC(C)[C@@H](C(=O)N1C[C@H](O)C[C@H]1C(=O)N[C@@H](C)c1ccc(-c2c(F)c(F)cc(F)c2F)cc1)n1ccnn1. The predicted octanol–water partition coefficient (Wildman–Crippen LogP) is 3.54. The lowest BCUT2D eigenvalue weighted by molar-refractivity contribution is -0.142. The van der Waals surface area contributed by atoms with Gasteiger partial charge in [-0.15, -0.1) is 5.10 Å². The number of likely N-dealkylation sites (tertiary alicyclic amines) is 1. The maximum atomic E-state index is 14.2. The summed E-state index contributed by atoms with van der Waals surface area (Å²) in [4.78, 5) is 27.9. The van der Waals surface area contributed by atoms with Gasteiger partial charge in [-0.3, -0.25) is 9.59 Å². The fourth-order valence-electron chi connectivity index (χ4n) is 4.70. The van der Waals surface area contributed by atoms with Crippen LogP contribution in [0.3, 0.4) is 0 Å². The first-order valence-electron chi connectivity index (χ1n) is 12.1. The summed E-state index contributed by atoms with van der Waals surface area (Å²) in [7, 11) is 0. The summed E-state index contributed by atoms with van der Waals surface area (Å²) in [5.74, 6) is -7.05. The van der Waals surface area contributed by atoms with Crippen LogP contribution in [0, 0.1) is 29.2 Å². The van der Waals surface area contributed by atoms with Crippen LogP contribution in [0.5, 0.6) is 0 Å². The first kappa shape index (κ1) is 27.2. The van der Waals surface area contributed by atoms with Crippen LogP contribution < -0.4 is 5.32 Å². The molecule has 1 saturated heterocycles. The Bertz CT molecular complexity index is 1290. The number of aromatic nitrogens is 3. The fraction of sp³-hybridized carbons (Fsp3) is 0.385. The molecule has 1 aliphatic heterocycles. The molecule has 0 spiro atoms. The summed E-state index contributed by atoms with van der Waals surface area (Å²) in [6.07, 6.45) is 2.18. The molecule has 3 aromatic rings. The van der Waals surface area contributed by atoms with E-state index in [4.69, 9.17) is 0 Å². The number of aliphatic hydroxyl groups excluding tert-OH is 1. The van der Waals surface area contributed by atoms with Gasteiger partial charge in [-0.2, -0.15) is 0 Å². The highest BCUT2D eigenvalue weighted by Gasteiger charge is 2.42. The maximum Gasteiger partial charge on any atom is 0.248 e. The van der Waals surface area contributed by atoms with Crippen molar-refractivity contribution in [2.45, 2.75) is 51.4 Å². The first-order valence-corrected chi connectivity index (χ1v) is 12.1. The molecule has 0 radical (unpaired) electrons. The van der Waals surface area contributed by atoms with Gasteiger partial charge < -0.3 is 15.3 Å². The normalized spacial score (nSPS) is 19.0. The molecule has 4 atom stereocenters.